The molecule has 0 amide bonds. The molecule has 0 aliphatic heterocycles. The predicted molar refractivity (Wildman–Crippen MR) is 85.4 cm³/mol. The number of unbranched alkanes of at least 4 members (excludes halogenated alkanes) is 9. The smallest absolute Gasteiger partial charge is 0.241 e. The summed E-state index contributed by atoms with van der Waals surface area (Å²) in [6, 6.07) is 0. The average Bonchev–Trinajstić information content (AvgIpc) is 2.29. The first-order chi connectivity index (χ1) is 8.56. The van der Waals surface area contributed by atoms with E-state index in [9.17, 15) is 0 Å². The fraction of sp³-hybridized carbons (Fsp3) is 0.875. The van der Waals surface area contributed by atoms with E-state index in [1.807, 2.05) is 6.26 Å². The molecule has 0 aromatic heterocycles. The van der Waals surface area contributed by atoms with E-state index in [1.54, 1.807) is 0 Å². The zero-order valence-electron chi connectivity index (χ0n) is 13.1. The van der Waals surface area contributed by atoms with E-state index in [2.05, 4.69) is 32.6 Å². The Morgan fingerprint density at radius 3 is 1.78 bits per heavy atom. The third-order valence-corrected chi connectivity index (χ3v) is 3.84. The maximum atomic E-state index is 5.67. The van der Waals surface area contributed by atoms with Crippen molar-refractivity contribution in [3.63, 3.8) is 0 Å². The van der Waals surface area contributed by atoms with Crippen molar-refractivity contribution in [1.82, 2.24) is 0 Å². The lowest BCUT2D eigenvalue weighted by molar-refractivity contribution is 0.475. The maximum Gasteiger partial charge on any atom is 0.241 e. The topological polar surface area (TPSA) is 9.23 Å². The number of rotatable bonds is 12. The first-order valence-electron chi connectivity index (χ1n) is 7.89. The minimum Gasteiger partial charge on any atom is -0.550 e. The zero-order chi connectivity index (χ0) is 13.7. The van der Waals surface area contributed by atoms with Crippen LogP contribution in [0, 0.1) is 0 Å². The predicted octanol–water partition coefficient (Wildman–Crippen LogP) is 6.27. The average molecular weight is 271 g/mol. The third kappa shape index (κ3) is 15.8. The molecule has 0 saturated heterocycles. The first-order valence-corrected chi connectivity index (χ1v) is 11.3. The van der Waals surface area contributed by atoms with Gasteiger partial charge in [0.1, 0.15) is 0 Å². The number of hydrogen-bond donors (Lipinski definition) is 0. The minimum atomic E-state index is -1.34. The Hall–Kier alpha value is -0.243. The van der Waals surface area contributed by atoms with Gasteiger partial charge in [0.2, 0.25) is 8.32 Å². The van der Waals surface area contributed by atoms with Gasteiger partial charge in [0.15, 0.2) is 0 Å². The molecule has 0 aromatic carbocycles. The van der Waals surface area contributed by atoms with E-state index in [-0.39, 0.29) is 0 Å². The van der Waals surface area contributed by atoms with Crippen LogP contribution in [0.3, 0.4) is 0 Å². The summed E-state index contributed by atoms with van der Waals surface area (Å²) in [7, 11) is -1.34. The summed E-state index contributed by atoms with van der Waals surface area (Å²) >= 11 is 0. The van der Waals surface area contributed by atoms with Crippen LogP contribution in [0.1, 0.15) is 71.1 Å². The molecule has 0 saturated carbocycles. The molecule has 0 heterocycles. The Morgan fingerprint density at radius 1 is 0.778 bits per heavy atom. The molecule has 0 N–H and O–H groups in total. The van der Waals surface area contributed by atoms with Crippen LogP contribution in [-0.2, 0) is 4.43 Å². The lowest BCUT2D eigenvalue weighted by Gasteiger charge is -2.14. The largest absolute Gasteiger partial charge is 0.550 e. The lowest BCUT2D eigenvalue weighted by Crippen LogP contribution is -2.21. The zero-order valence-corrected chi connectivity index (χ0v) is 14.1. The molecule has 0 aliphatic carbocycles. The van der Waals surface area contributed by atoms with Crippen molar-refractivity contribution < 1.29 is 4.43 Å². The molecule has 108 valence electrons. The van der Waals surface area contributed by atoms with Crippen LogP contribution in [0.4, 0.5) is 0 Å². The van der Waals surface area contributed by atoms with Crippen LogP contribution in [0.5, 0.6) is 0 Å². The maximum absolute atomic E-state index is 5.67. The Labute approximate surface area is 116 Å². The molecule has 0 spiro atoms. The molecule has 0 aliphatic rings. The second-order valence-electron chi connectivity index (χ2n) is 6.22. The van der Waals surface area contributed by atoms with E-state index in [1.165, 1.54) is 64.2 Å². The summed E-state index contributed by atoms with van der Waals surface area (Å²) in [6.45, 7) is 8.93. The quantitative estimate of drug-likeness (QED) is 0.230. The van der Waals surface area contributed by atoms with Crippen molar-refractivity contribution in [3.05, 3.63) is 12.3 Å². The van der Waals surface area contributed by atoms with E-state index in [0.717, 1.165) is 0 Å². The summed E-state index contributed by atoms with van der Waals surface area (Å²) in [5.74, 6) is 0. The molecule has 0 fully saturated rings. The van der Waals surface area contributed by atoms with Gasteiger partial charge in [0.25, 0.3) is 0 Å². The van der Waals surface area contributed by atoms with Gasteiger partial charge in [-0.2, -0.15) is 0 Å². The lowest BCUT2D eigenvalue weighted by atomic mass is 10.1. The van der Waals surface area contributed by atoms with Gasteiger partial charge in [0, 0.05) is 0 Å². The molecular formula is C16H34OSi. The summed E-state index contributed by atoms with van der Waals surface area (Å²) in [5.41, 5.74) is 0. The van der Waals surface area contributed by atoms with Gasteiger partial charge in [-0.1, -0.05) is 64.4 Å². The van der Waals surface area contributed by atoms with E-state index in [4.69, 9.17) is 4.43 Å². The molecule has 0 atom stereocenters. The fourth-order valence-corrected chi connectivity index (χ4v) is 2.40. The van der Waals surface area contributed by atoms with Crippen molar-refractivity contribution in [1.29, 1.82) is 0 Å². The minimum absolute atomic E-state index is 1.18. The highest BCUT2D eigenvalue weighted by molar-refractivity contribution is 6.69. The van der Waals surface area contributed by atoms with Crippen molar-refractivity contribution in [3.8, 4) is 0 Å². The van der Waals surface area contributed by atoms with Gasteiger partial charge >= 0.3 is 0 Å². The fourth-order valence-electron chi connectivity index (χ4n) is 1.89. The second-order valence-corrected chi connectivity index (χ2v) is 10.7. The van der Waals surface area contributed by atoms with Crippen LogP contribution in [0.25, 0.3) is 0 Å². The summed E-state index contributed by atoms with van der Waals surface area (Å²) in [5, 5.41) is 0. The van der Waals surface area contributed by atoms with Gasteiger partial charge < -0.3 is 4.43 Å². The van der Waals surface area contributed by atoms with Crippen LogP contribution < -0.4 is 0 Å². The van der Waals surface area contributed by atoms with Gasteiger partial charge in [-0.3, -0.25) is 0 Å². The van der Waals surface area contributed by atoms with Crippen molar-refractivity contribution in [2.24, 2.45) is 0 Å². The van der Waals surface area contributed by atoms with Gasteiger partial charge in [-0.15, -0.1) is 0 Å². The number of allylic oxidation sites excluding steroid dienone is 1. The van der Waals surface area contributed by atoms with Gasteiger partial charge in [0.05, 0.1) is 6.26 Å². The molecule has 0 rings (SSSR count). The van der Waals surface area contributed by atoms with Crippen molar-refractivity contribution in [2.75, 3.05) is 0 Å². The molecule has 0 radical (unpaired) electrons. The molecule has 2 heteroatoms. The Kier molecular flexibility index (Phi) is 11.7. The highest BCUT2D eigenvalue weighted by Gasteiger charge is 2.12. The van der Waals surface area contributed by atoms with Crippen LogP contribution in [-0.4, -0.2) is 8.32 Å². The van der Waals surface area contributed by atoms with Gasteiger partial charge in [-0.25, -0.2) is 0 Å². The Balaban J connectivity index is 3.12. The highest BCUT2D eigenvalue weighted by atomic mass is 28.4. The van der Waals surface area contributed by atoms with Crippen molar-refractivity contribution >= 4 is 8.32 Å². The normalized spacial score (nSPS) is 12.2. The Bertz CT molecular complexity index is 194. The van der Waals surface area contributed by atoms with E-state index >= 15 is 0 Å². The van der Waals surface area contributed by atoms with E-state index < -0.39 is 8.32 Å². The summed E-state index contributed by atoms with van der Waals surface area (Å²) in [6.07, 6.45) is 17.9. The summed E-state index contributed by atoms with van der Waals surface area (Å²) < 4.78 is 5.67. The molecular weight excluding hydrogens is 236 g/mol. The third-order valence-electron chi connectivity index (χ3n) is 2.99. The van der Waals surface area contributed by atoms with Crippen LogP contribution in [0.15, 0.2) is 12.3 Å². The highest BCUT2D eigenvalue weighted by Crippen LogP contribution is 2.11. The number of hydrogen-bond acceptors (Lipinski definition) is 1. The summed E-state index contributed by atoms with van der Waals surface area (Å²) in [4.78, 5) is 0. The monoisotopic (exact) mass is 270 g/mol. The first kappa shape index (κ1) is 17.8. The molecule has 0 bridgehead atoms. The van der Waals surface area contributed by atoms with Gasteiger partial charge in [-0.05, 0) is 32.5 Å². The van der Waals surface area contributed by atoms with E-state index in [0.29, 0.717) is 0 Å². The Morgan fingerprint density at radius 2 is 1.28 bits per heavy atom. The van der Waals surface area contributed by atoms with Crippen LogP contribution in [0.2, 0.25) is 19.6 Å². The standard InChI is InChI=1S/C16H34OSi/c1-5-6-7-8-9-10-11-12-13-14-15-16-17-18(2,3)4/h15-16H,5-14H2,1-4H3/b16-15+. The van der Waals surface area contributed by atoms with Crippen LogP contribution >= 0.6 is 0 Å². The molecule has 0 unspecified atom stereocenters. The molecule has 1 nitrogen and oxygen atoms in total. The SMILES string of the molecule is CCCCCCCCCCC/C=C/O[Si](C)(C)C. The van der Waals surface area contributed by atoms with Crippen molar-refractivity contribution in [2.45, 2.75) is 90.8 Å². The second kappa shape index (κ2) is 11.8. The molecule has 18 heavy (non-hydrogen) atoms. The molecule has 0 aromatic rings.